The van der Waals surface area contributed by atoms with Gasteiger partial charge in [0.15, 0.2) is 0 Å². The number of amides is 1. The molecule has 1 heterocycles. The van der Waals surface area contributed by atoms with Crippen molar-refractivity contribution in [2.75, 3.05) is 32.9 Å². The topological polar surface area (TPSA) is 96.4 Å². The fraction of sp³-hybridized carbons (Fsp3) is 0.692. The van der Waals surface area contributed by atoms with Gasteiger partial charge in [-0.1, -0.05) is 0 Å². The normalized spacial score (nSPS) is 12.7. The van der Waals surface area contributed by atoms with Crippen LogP contribution in [0.25, 0.3) is 0 Å². The number of rotatable bonds is 7. The van der Waals surface area contributed by atoms with Crippen LogP contribution in [0.15, 0.2) is 0 Å². The monoisotopic (exact) mass is 283 g/mol. The number of aliphatic hydroxyl groups excluding tert-OH is 1. The molecule has 0 bridgehead atoms. The second kappa shape index (κ2) is 7.25. The second-order valence-electron chi connectivity index (χ2n) is 5.11. The number of carbonyl (C=O) groups is 1. The summed E-state index contributed by atoms with van der Waals surface area (Å²) in [6.45, 7) is 5.22. The van der Waals surface area contributed by atoms with Gasteiger partial charge in [0.25, 0.3) is 0 Å². The van der Waals surface area contributed by atoms with Gasteiger partial charge in [-0.15, -0.1) is 0 Å². The smallest absolute Gasteiger partial charge is 0.221 e. The van der Waals surface area contributed by atoms with Crippen LogP contribution in [0.1, 0.15) is 17.8 Å². The number of carbonyl (C=O) groups excluding carboxylic acids is 1. The maximum atomic E-state index is 11.1. The van der Waals surface area contributed by atoms with E-state index >= 15 is 0 Å². The van der Waals surface area contributed by atoms with Gasteiger partial charge in [-0.05, 0) is 20.9 Å². The number of hydrogen-bond donors (Lipinski definition) is 3. The Hall–Kier alpha value is -1.60. The molecule has 0 spiro atoms. The van der Waals surface area contributed by atoms with E-state index in [1.165, 1.54) is 0 Å². The van der Waals surface area contributed by atoms with E-state index in [0.29, 0.717) is 31.7 Å². The summed E-state index contributed by atoms with van der Waals surface area (Å²) < 4.78 is 1.72. The Kier molecular flexibility index (Phi) is 5.97. The van der Waals surface area contributed by atoms with Crippen molar-refractivity contribution in [2.24, 2.45) is 0 Å². The zero-order valence-corrected chi connectivity index (χ0v) is 12.7. The van der Waals surface area contributed by atoms with Crippen molar-refractivity contribution in [1.29, 1.82) is 0 Å². The van der Waals surface area contributed by atoms with Crippen LogP contribution in [0.3, 0.4) is 0 Å². The summed E-state index contributed by atoms with van der Waals surface area (Å²) in [4.78, 5) is 13.1. The van der Waals surface area contributed by atoms with Crippen molar-refractivity contribution >= 4 is 11.6 Å². The number of hydrogen-bond acceptors (Lipinski definition) is 5. The fourth-order valence-corrected chi connectivity index (χ4v) is 2.01. The van der Waals surface area contributed by atoms with Gasteiger partial charge in [-0.2, -0.15) is 5.10 Å². The summed E-state index contributed by atoms with van der Waals surface area (Å²) in [5.41, 5.74) is 8.18. The summed E-state index contributed by atoms with van der Waals surface area (Å²) in [6.07, 6.45) is -0.130. The molecule has 1 aromatic heterocycles. The number of nitrogens with two attached hydrogens (primary N) is 1. The molecule has 7 nitrogen and oxygen atoms in total. The van der Waals surface area contributed by atoms with Gasteiger partial charge in [-0.25, -0.2) is 0 Å². The number of anilines is 1. The van der Waals surface area contributed by atoms with Crippen molar-refractivity contribution in [3.8, 4) is 0 Å². The Morgan fingerprint density at radius 1 is 1.55 bits per heavy atom. The molecule has 114 valence electrons. The summed E-state index contributed by atoms with van der Waals surface area (Å²) in [5.74, 6) is -0.00217. The molecule has 1 unspecified atom stereocenters. The lowest BCUT2D eigenvalue weighted by Gasteiger charge is -2.20. The highest BCUT2D eigenvalue weighted by molar-refractivity contribution is 5.75. The van der Waals surface area contributed by atoms with Gasteiger partial charge >= 0.3 is 0 Å². The third-order valence-electron chi connectivity index (χ3n) is 3.34. The minimum Gasteiger partial charge on any atom is -0.396 e. The lowest BCUT2D eigenvalue weighted by atomic mass is 10.3. The summed E-state index contributed by atoms with van der Waals surface area (Å²) in [6, 6.07) is 0. The average molecular weight is 283 g/mol. The van der Waals surface area contributed by atoms with E-state index in [9.17, 15) is 9.90 Å². The number of aliphatic hydroxyl groups is 1. The molecule has 1 rings (SSSR count). The van der Waals surface area contributed by atoms with Crippen LogP contribution in [0.2, 0.25) is 0 Å². The highest BCUT2D eigenvalue weighted by Crippen LogP contribution is 2.15. The SMILES string of the molecule is CNC(=O)CCN(C)CC(O)Cn1nc(C)c(N)c1C. The maximum absolute atomic E-state index is 11.1. The molecule has 0 aliphatic rings. The number of likely N-dealkylation sites (N-methyl/N-ethyl adjacent to an activating group) is 1. The van der Waals surface area contributed by atoms with Gasteiger partial charge < -0.3 is 21.1 Å². The molecule has 7 heteroatoms. The molecule has 1 amide bonds. The lowest BCUT2D eigenvalue weighted by Crippen LogP contribution is -2.34. The van der Waals surface area contributed by atoms with E-state index in [0.717, 1.165) is 11.4 Å². The molecule has 0 saturated heterocycles. The first-order chi connectivity index (χ1) is 9.35. The predicted molar refractivity (Wildman–Crippen MR) is 78.3 cm³/mol. The van der Waals surface area contributed by atoms with Crippen LogP contribution < -0.4 is 11.1 Å². The van der Waals surface area contributed by atoms with Gasteiger partial charge in [0, 0.05) is 26.6 Å². The zero-order chi connectivity index (χ0) is 15.3. The number of nitrogens with zero attached hydrogens (tertiary/aromatic N) is 3. The summed E-state index contributed by atoms with van der Waals surface area (Å²) >= 11 is 0. The van der Waals surface area contributed by atoms with E-state index in [-0.39, 0.29) is 5.91 Å². The van der Waals surface area contributed by atoms with E-state index in [1.807, 2.05) is 25.8 Å². The van der Waals surface area contributed by atoms with Gasteiger partial charge in [0.2, 0.25) is 5.91 Å². The fourth-order valence-electron chi connectivity index (χ4n) is 2.01. The molecule has 0 radical (unpaired) electrons. The van der Waals surface area contributed by atoms with E-state index in [1.54, 1.807) is 11.7 Å². The van der Waals surface area contributed by atoms with Crippen LogP contribution in [-0.2, 0) is 11.3 Å². The molecule has 0 fully saturated rings. The van der Waals surface area contributed by atoms with Crippen LogP contribution in [-0.4, -0.2) is 59.0 Å². The summed E-state index contributed by atoms with van der Waals surface area (Å²) in [7, 11) is 3.49. The predicted octanol–water partition coefficient (Wildman–Crippen LogP) is -0.489. The van der Waals surface area contributed by atoms with Crippen LogP contribution in [0, 0.1) is 13.8 Å². The molecular formula is C13H25N5O2. The Morgan fingerprint density at radius 2 is 2.20 bits per heavy atom. The molecule has 1 atom stereocenters. The Morgan fingerprint density at radius 3 is 2.70 bits per heavy atom. The van der Waals surface area contributed by atoms with Crippen molar-refractivity contribution in [3.05, 3.63) is 11.4 Å². The largest absolute Gasteiger partial charge is 0.396 e. The van der Waals surface area contributed by atoms with Crippen LogP contribution in [0.5, 0.6) is 0 Å². The van der Waals surface area contributed by atoms with E-state index < -0.39 is 6.10 Å². The molecule has 0 aliphatic heterocycles. The standard InChI is InChI=1S/C13H25N5O2/c1-9-13(14)10(2)18(16-9)8-11(19)7-17(4)6-5-12(20)15-3/h11,19H,5-8,14H2,1-4H3,(H,15,20). The molecule has 0 aromatic carbocycles. The quantitative estimate of drug-likeness (QED) is 0.627. The molecule has 0 aliphatic carbocycles. The minimum atomic E-state index is -0.554. The van der Waals surface area contributed by atoms with E-state index in [2.05, 4.69) is 10.4 Å². The Balaban J connectivity index is 2.44. The number of aryl methyl sites for hydroxylation is 1. The number of aromatic nitrogens is 2. The molecular weight excluding hydrogens is 258 g/mol. The van der Waals surface area contributed by atoms with Crippen LogP contribution >= 0.6 is 0 Å². The van der Waals surface area contributed by atoms with Gasteiger partial charge in [0.05, 0.1) is 29.7 Å². The number of nitrogens with one attached hydrogen (secondary N) is 1. The molecule has 0 saturated carbocycles. The van der Waals surface area contributed by atoms with Crippen molar-refractivity contribution in [1.82, 2.24) is 20.0 Å². The molecule has 4 N–H and O–H groups in total. The Labute approximate surface area is 119 Å². The summed E-state index contributed by atoms with van der Waals surface area (Å²) in [5, 5.41) is 16.9. The van der Waals surface area contributed by atoms with Crippen molar-refractivity contribution < 1.29 is 9.90 Å². The first-order valence-corrected chi connectivity index (χ1v) is 6.71. The van der Waals surface area contributed by atoms with Crippen molar-refractivity contribution in [2.45, 2.75) is 32.9 Å². The Bertz CT molecular complexity index is 458. The average Bonchev–Trinajstić information content (AvgIpc) is 2.63. The molecule has 20 heavy (non-hydrogen) atoms. The van der Waals surface area contributed by atoms with Gasteiger partial charge in [0.1, 0.15) is 0 Å². The third-order valence-corrected chi connectivity index (χ3v) is 3.34. The highest BCUT2D eigenvalue weighted by Gasteiger charge is 2.14. The van der Waals surface area contributed by atoms with E-state index in [4.69, 9.17) is 5.73 Å². The van der Waals surface area contributed by atoms with Crippen molar-refractivity contribution in [3.63, 3.8) is 0 Å². The molecule has 1 aromatic rings. The highest BCUT2D eigenvalue weighted by atomic mass is 16.3. The second-order valence-corrected chi connectivity index (χ2v) is 5.11. The lowest BCUT2D eigenvalue weighted by molar-refractivity contribution is -0.120. The first-order valence-electron chi connectivity index (χ1n) is 6.71. The van der Waals surface area contributed by atoms with Gasteiger partial charge in [-0.3, -0.25) is 9.48 Å². The maximum Gasteiger partial charge on any atom is 0.221 e. The van der Waals surface area contributed by atoms with Crippen LogP contribution in [0.4, 0.5) is 5.69 Å². The first kappa shape index (κ1) is 16.5. The number of nitrogen functional groups attached to an aromatic ring is 1. The third kappa shape index (κ3) is 4.50. The minimum absolute atomic E-state index is 0.00217. The zero-order valence-electron chi connectivity index (χ0n) is 12.7.